The standard InChI is InChI=1S/C89H122N20O18/c1-53-16-10-9-11-17-54(2)71(120-7)45-63-22-19-58(6)89(119,127-63)80(115)84(117)107-28-14-12-18-68(107)85(118)125-72(46-69(110)55(3)41-57(5)78(113)79(114)77(112)56(4)40-53)64(90)42-59-20-23-67(73(43-59)121-8)109-51-66(102-104-109)61-47-95-87(96-48-61)105-30-32-106(33-31-105)88-97-49-62(50-98-88)83(116)94-27-35-123-37-39-124-38-36-122-34-25-74(111)93-26-13-15-29-108-82-75(81(91)99-52-100-82)76(103-108)60-21-24-70-65(44-60)101-86(92)126-70/h9-11,16-17,21,24,41,44,47-53,55-56,58-59,63-64,67-68,71-73,78-79,113-114,119H,12-15,18-20,22-23,25-40,42-43,45-46,90H2,1-8H3,(H2,92,101)(H,93,111)(H,94,116)(H2,91,99,100)/b11-9+,16-10+,54-17+,57-41+/t53-,55-,56-,58-,59+,63+,64-,67+,68+,71+,72+,73-,78-,79+,89-/m1/s1. The number of fused-ring (bicyclic) bond motifs is 5. The second-order valence-corrected chi connectivity index (χ2v) is 33.8. The Kier molecular flexibility index (Phi) is 34.0. The van der Waals surface area contributed by atoms with E-state index >= 15 is 0 Å². The monoisotopic (exact) mass is 1760 g/mol. The minimum Gasteiger partial charge on any atom is -0.459 e. The SMILES string of the molecule is CO[C@H]1C[C@@H]2CC[C@@H](C)[C@@](O)(O2)C(=O)C(=O)N2CCCC[C@H]2C(=O)O[C@H]([C@H](N)C[C@@H]2CC[C@H](n3cc(-c4cnc(N5CCN(c6ncc(C(=O)NCCOCCOCCOCCC(=O)NCCCCn7nc(-c8ccc9oc(N)nc9c8)c8c(N)ncnc87)cn6)CC5)nc4)nn3)[C@H](OC)C2)CC(=O)[C@H](C)/C=C(\C)[C@@H](O)[C@@H](O)C(=O)[C@H](C)C[C@H](C)/C=C/C=C/C=C/1C. The van der Waals surface area contributed by atoms with Crippen molar-refractivity contribution in [2.24, 2.45) is 35.3 Å². The molecule has 6 aromatic heterocycles. The Morgan fingerprint density at radius 2 is 1.46 bits per heavy atom. The molecule has 1 aromatic carbocycles. The van der Waals surface area contributed by atoms with Crippen molar-refractivity contribution in [2.45, 2.75) is 205 Å². The molecule has 0 unspecified atom stereocenters. The maximum atomic E-state index is 14.8. The number of nitrogen functional groups attached to an aromatic ring is 2. The average Bonchev–Trinajstić information content (AvgIpc) is 1.69. The number of hydrogen-bond donors (Lipinski definition) is 8. The lowest BCUT2D eigenvalue weighted by Gasteiger charge is -2.42. The van der Waals surface area contributed by atoms with Gasteiger partial charge < -0.3 is 95.4 Å². The number of oxazole rings is 1. The third kappa shape index (κ3) is 24.7. The van der Waals surface area contributed by atoms with Gasteiger partial charge in [-0.15, -0.1) is 5.10 Å². The number of nitrogens with two attached hydrogens (primary N) is 3. The Morgan fingerprint density at radius 1 is 0.740 bits per heavy atom. The van der Waals surface area contributed by atoms with Gasteiger partial charge in [-0.25, -0.2) is 44.1 Å². The molecule has 3 amide bonds. The number of ether oxygens (including phenoxy) is 7. The van der Waals surface area contributed by atoms with E-state index in [1.807, 2.05) is 67.5 Å². The number of carbonyl (C=O) groups is 7. The van der Waals surface area contributed by atoms with E-state index < -0.39 is 95.4 Å². The number of aryl methyl sites for hydroxylation is 1. The highest BCUT2D eigenvalue weighted by Gasteiger charge is 2.53. The summed E-state index contributed by atoms with van der Waals surface area (Å²) in [7, 11) is 3.17. The van der Waals surface area contributed by atoms with Crippen LogP contribution < -0.4 is 37.6 Å². The summed E-state index contributed by atoms with van der Waals surface area (Å²) in [6, 6.07) is 3.09. The van der Waals surface area contributed by atoms with E-state index in [0.29, 0.717) is 186 Å². The highest BCUT2D eigenvalue weighted by atomic mass is 16.6. The van der Waals surface area contributed by atoms with E-state index in [9.17, 15) is 48.9 Å². The van der Waals surface area contributed by atoms with Gasteiger partial charge in [-0.1, -0.05) is 69.4 Å². The van der Waals surface area contributed by atoms with Gasteiger partial charge >= 0.3 is 5.97 Å². The van der Waals surface area contributed by atoms with Crippen LogP contribution >= 0.6 is 0 Å². The minimum absolute atomic E-state index is 0.00640. The van der Waals surface area contributed by atoms with Crippen molar-refractivity contribution in [3.8, 4) is 22.5 Å². The zero-order valence-electron chi connectivity index (χ0n) is 73.7. The fourth-order valence-electron chi connectivity index (χ4n) is 17.1. The van der Waals surface area contributed by atoms with Crippen LogP contribution in [0.1, 0.15) is 154 Å². The average molecular weight is 1760 g/mol. The number of methoxy groups -OCH3 is 2. The molecular formula is C89H122N20O18. The summed E-state index contributed by atoms with van der Waals surface area (Å²) in [6.07, 6.45) is 20.1. The van der Waals surface area contributed by atoms with E-state index in [1.54, 1.807) is 62.8 Å². The number of rotatable bonds is 28. The molecule has 5 aliphatic rings. The van der Waals surface area contributed by atoms with Crippen LogP contribution in [0, 0.1) is 29.6 Å². The van der Waals surface area contributed by atoms with E-state index in [1.165, 1.54) is 31.7 Å². The molecule has 2 bridgehead atoms. The second kappa shape index (κ2) is 45.3. The molecule has 1 aliphatic carbocycles. The van der Waals surface area contributed by atoms with E-state index in [2.05, 4.69) is 50.8 Å². The van der Waals surface area contributed by atoms with Gasteiger partial charge in [0, 0.05) is 146 Å². The van der Waals surface area contributed by atoms with Gasteiger partial charge in [0.25, 0.3) is 23.6 Å². The maximum Gasteiger partial charge on any atom is 0.329 e. The Balaban J connectivity index is 0.560. The molecule has 127 heavy (non-hydrogen) atoms. The van der Waals surface area contributed by atoms with Gasteiger partial charge in [0.05, 0.1) is 81.1 Å². The Bertz CT molecular complexity index is 5010. The third-order valence-corrected chi connectivity index (χ3v) is 24.6. The lowest BCUT2D eigenvalue weighted by Crippen LogP contribution is -2.61. The number of aromatic nitrogens is 12. The summed E-state index contributed by atoms with van der Waals surface area (Å²) < 4.78 is 50.4. The number of ketones is 3. The highest BCUT2D eigenvalue weighted by Crippen LogP contribution is 2.40. The number of unbranched alkanes of at least 4 members (excludes halogenated alkanes) is 1. The minimum atomic E-state index is -2.51. The third-order valence-electron chi connectivity index (χ3n) is 24.6. The number of aliphatic hydroxyl groups excluding tert-OH is 2. The number of piperidine rings is 1. The molecule has 11 N–H and O–H groups in total. The topological polar surface area (TPSA) is 509 Å². The number of hydrogen-bond acceptors (Lipinski definition) is 33. The summed E-state index contributed by atoms with van der Waals surface area (Å²) in [6.45, 7) is 15.7. The first-order valence-electron chi connectivity index (χ1n) is 44.1. The Hall–Kier alpha value is -10.8. The van der Waals surface area contributed by atoms with Crippen molar-refractivity contribution in [1.29, 1.82) is 0 Å². The number of Topliss-reactive ketones (excluding diaryl/α,β-unsaturated/α-hetero) is 3. The number of amides is 3. The molecule has 38 heteroatoms. The molecular weight excluding hydrogens is 1640 g/mol. The molecule has 0 radical (unpaired) electrons. The number of esters is 1. The number of nitrogens with zero attached hydrogens (tertiary/aromatic N) is 15. The van der Waals surface area contributed by atoms with Gasteiger partial charge in [-0.2, -0.15) is 10.1 Å². The van der Waals surface area contributed by atoms with Gasteiger partial charge in [0.2, 0.25) is 23.6 Å². The van der Waals surface area contributed by atoms with Crippen LogP contribution in [0.5, 0.6) is 0 Å². The maximum absolute atomic E-state index is 14.8. The molecule has 0 spiro atoms. The first-order valence-corrected chi connectivity index (χ1v) is 44.1. The molecule has 4 aliphatic heterocycles. The number of benzene rings is 1. The zero-order valence-corrected chi connectivity index (χ0v) is 73.7. The number of nitrogens with one attached hydrogen (secondary N) is 2. The number of aliphatic hydroxyl groups is 3. The fraction of sp³-hybridized carbons (Fsp3) is 0.584. The normalized spacial score (nSPS) is 27.2. The summed E-state index contributed by atoms with van der Waals surface area (Å²) in [4.78, 5) is 134. The summed E-state index contributed by atoms with van der Waals surface area (Å²) >= 11 is 0. The van der Waals surface area contributed by atoms with Crippen LogP contribution in [-0.2, 0) is 68.5 Å². The number of allylic oxidation sites excluding steroid dienone is 6. The molecule has 10 heterocycles. The van der Waals surface area contributed by atoms with Crippen LogP contribution in [0.3, 0.4) is 0 Å². The van der Waals surface area contributed by atoms with Gasteiger partial charge in [-0.3, -0.25) is 28.8 Å². The fourth-order valence-corrected chi connectivity index (χ4v) is 17.1. The van der Waals surface area contributed by atoms with Crippen LogP contribution in [0.4, 0.5) is 23.7 Å². The van der Waals surface area contributed by atoms with Crippen molar-refractivity contribution in [1.82, 2.24) is 75.2 Å². The van der Waals surface area contributed by atoms with E-state index in [4.69, 9.17) is 69.8 Å². The predicted octanol–water partition coefficient (Wildman–Crippen LogP) is 6.14. The summed E-state index contributed by atoms with van der Waals surface area (Å²) in [5, 5.41) is 55.1. The van der Waals surface area contributed by atoms with Gasteiger partial charge in [-0.05, 0) is 132 Å². The van der Waals surface area contributed by atoms with Crippen LogP contribution in [-0.4, -0.2) is 275 Å². The summed E-state index contributed by atoms with van der Waals surface area (Å²) in [5.74, 6) is -8.28. The van der Waals surface area contributed by atoms with Crippen molar-refractivity contribution >= 4 is 86.9 Å². The molecule has 1 saturated carbocycles. The molecule has 15 atom stereocenters. The largest absolute Gasteiger partial charge is 0.459 e. The molecule has 7 aromatic rings. The Morgan fingerprint density at radius 3 is 2.18 bits per heavy atom. The molecule has 3 saturated heterocycles. The molecule has 38 nitrogen and oxygen atoms in total. The lowest BCUT2D eigenvalue weighted by atomic mass is 9.79. The Labute approximate surface area is 737 Å². The number of cyclic esters (lactones) is 1. The van der Waals surface area contributed by atoms with Crippen molar-refractivity contribution < 1.29 is 86.5 Å². The first kappa shape index (κ1) is 95.3. The number of carbonyl (C=O) groups excluding carboxylic acids is 7. The van der Waals surface area contributed by atoms with E-state index in [-0.39, 0.29) is 106 Å². The summed E-state index contributed by atoms with van der Waals surface area (Å²) in [5.41, 5.74) is 24.8. The quantitative estimate of drug-likeness (QED) is 0.0118. The van der Waals surface area contributed by atoms with Gasteiger partial charge in [0.15, 0.2) is 17.0 Å². The first-order chi connectivity index (χ1) is 61.2. The smallest absolute Gasteiger partial charge is 0.329 e. The highest BCUT2D eigenvalue weighted by molar-refractivity contribution is 6.39. The molecule has 686 valence electrons. The van der Waals surface area contributed by atoms with Crippen molar-refractivity contribution in [3.63, 3.8) is 0 Å². The molecule has 12 rings (SSSR count). The van der Waals surface area contributed by atoms with Crippen LogP contribution in [0.2, 0.25) is 0 Å². The van der Waals surface area contributed by atoms with Gasteiger partial charge in [0.1, 0.15) is 59.2 Å². The van der Waals surface area contributed by atoms with Crippen molar-refractivity contribution in [3.05, 3.63) is 109 Å². The number of anilines is 4. The van der Waals surface area contributed by atoms with E-state index in [0.717, 1.165) is 22.5 Å². The number of piperazine rings is 1. The predicted molar refractivity (Wildman–Crippen MR) is 468 cm³/mol. The van der Waals surface area contributed by atoms with Crippen LogP contribution in [0.15, 0.2) is 108 Å². The second-order valence-electron chi connectivity index (χ2n) is 33.8. The lowest BCUT2D eigenvalue weighted by molar-refractivity contribution is -0.265. The van der Waals surface area contributed by atoms with Crippen LogP contribution in [0.25, 0.3) is 44.6 Å². The zero-order chi connectivity index (χ0) is 90.4. The molecule has 4 fully saturated rings. The van der Waals surface area contributed by atoms with Crippen molar-refractivity contribution in [2.75, 3.05) is 121 Å².